The SMILES string of the molecule is NS(=O)(=O)c1cccc(-c2noc(-c3ccoc3)n2)c1. The van der Waals surface area contributed by atoms with Crippen LogP contribution in [0.1, 0.15) is 0 Å². The van der Waals surface area contributed by atoms with Gasteiger partial charge in [0.1, 0.15) is 6.26 Å². The largest absolute Gasteiger partial charge is 0.472 e. The summed E-state index contributed by atoms with van der Waals surface area (Å²) in [4.78, 5) is 4.16. The molecule has 2 N–H and O–H groups in total. The van der Waals surface area contributed by atoms with Crippen LogP contribution in [0.15, 0.2) is 56.7 Å². The minimum absolute atomic E-state index is 0.00957. The van der Waals surface area contributed by atoms with Gasteiger partial charge in [-0.2, -0.15) is 4.98 Å². The Morgan fingerprint density at radius 1 is 1.15 bits per heavy atom. The minimum atomic E-state index is -3.77. The summed E-state index contributed by atoms with van der Waals surface area (Å²) in [6.07, 6.45) is 2.96. The molecule has 0 bridgehead atoms. The van der Waals surface area contributed by atoms with E-state index < -0.39 is 10.0 Å². The molecule has 0 aliphatic rings. The zero-order chi connectivity index (χ0) is 14.2. The maximum Gasteiger partial charge on any atom is 0.261 e. The van der Waals surface area contributed by atoms with Crippen molar-refractivity contribution in [1.29, 1.82) is 0 Å². The van der Waals surface area contributed by atoms with Crippen LogP contribution in [-0.4, -0.2) is 18.6 Å². The summed E-state index contributed by atoms with van der Waals surface area (Å²) in [5.41, 5.74) is 1.14. The lowest BCUT2D eigenvalue weighted by atomic mass is 10.2. The van der Waals surface area contributed by atoms with Gasteiger partial charge in [-0.05, 0) is 18.2 Å². The minimum Gasteiger partial charge on any atom is -0.472 e. The molecular formula is C12H9N3O4S. The van der Waals surface area contributed by atoms with Crippen molar-refractivity contribution in [3.63, 3.8) is 0 Å². The Morgan fingerprint density at radius 3 is 2.70 bits per heavy atom. The van der Waals surface area contributed by atoms with Crippen molar-refractivity contribution < 1.29 is 17.4 Å². The molecule has 0 atom stereocenters. The average molecular weight is 291 g/mol. The van der Waals surface area contributed by atoms with Crippen LogP contribution in [0.4, 0.5) is 0 Å². The average Bonchev–Trinajstić information content (AvgIpc) is 3.09. The molecule has 0 saturated carbocycles. The van der Waals surface area contributed by atoms with E-state index >= 15 is 0 Å². The van der Waals surface area contributed by atoms with Crippen molar-refractivity contribution in [1.82, 2.24) is 10.1 Å². The quantitative estimate of drug-likeness (QED) is 0.785. The Hall–Kier alpha value is -2.45. The predicted molar refractivity (Wildman–Crippen MR) is 68.8 cm³/mol. The fraction of sp³-hybridized carbons (Fsp3) is 0. The Morgan fingerprint density at radius 2 is 2.00 bits per heavy atom. The summed E-state index contributed by atoms with van der Waals surface area (Å²) in [5, 5.41) is 8.88. The summed E-state index contributed by atoms with van der Waals surface area (Å²) in [7, 11) is -3.77. The Bertz CT molecular complexity index is 837. The Balaban J connectivity index is 2.02. The van der Waals surface area contributed by atoms with E-state index in [1.54, 1.807) is 18.2 Å². The second-order valence-corrected chi connectivity index (χ2v) is 5.57. The number of nitrogens with two attached hydrogens (primary N) is 1. The number of nitrogens with zero attached hydrogens (tertiary/aromatic N) is 2. The van der Waals surface area contributed by atoms with E-state index in [1.165, 1.54) is 24.7 Å². The summed E-state index contributed by atoms with van der Waals surface area (Å²) in [6, 6.07) is 7.69. The lowest BCUT2D eigenvalue weighted by molar-refractivity contribution is 0.431. The van der Waals surface area contributed by atoms with Gasteiger partial charge in [-0.25, -0.2) is 13.6 Å². The zero-order valence-corrected chi connectivity index (χ0v) is 10.9. The van der Waals surface area contributed by atoms with Crippen molar-refractivity contribution >= 4 is 10.0 Å². The molecule has 1 aromatic carbocycles. The van der Waals surface area contributed by atoms with Crippen molar-refractivity contribution in [2.24, 2.45) is 5.14 Å². The number of rotatable bonds is 3. The standard InChI is InChI=1S/C12H9N3O4S/c13-20(16,17)10-3-1-2-8(6-10)11-14-12(19-15-11)9-4-5-18-7-9/h1-7H,(H2,13,16,17). The molecule has 20 heavy (non-hydrogen) atoms. The third-order valence-corrected chi connectivity index (χ3v) is 3.53. The smallest absolute Gasteiger partial charge is 0.261 e. The summed E-state index contributed by atoms with van der Waals surface area (Å²) in [6.45, 7) is 0. The van der Waals surface area contributed by atoms with Crippen molar-refractivity contribution in [3.05, 3.63) is 42.9 Å². The number of sulfonamides is 1. The monoisotopic (exact) mass is 291 g/mol. The molecule has 0 spiro atoms. The van der Waals surface area contributed by atoms with E-state index in [4.69, 9.17) is 14.1 Å². The topological polar surface area (TPSA) is 112 Å². The molecular weight excluding hydrogens is 282 g/mol. The van der Waals surface area contributed by atoms with E-state index in [2.05, 4.69) is 10.1 Å². The molecule has 0 radical (unpaired) electrons. The highest BCUT2D eigenvalue weighted by molar-refractivity contribution is 7.89. The molecule has 2 aromatic heterocycles. The van der Waals surface area contributed by atoms with E-state index in [0.717, 1.165) is 0 Å². The van der Waals surface area contributed by atoms with E-state index in [1.807, 2.05) is 0 Å². The summed E-state index contributed by atoms with van der Waals surface area (Å²) < 4.78 is 32.6. The van der Waals surface area contributed by atoms with Crippen LogP contribution in [0.2, 0.25) is 0 Å². The third-order valence-electron chi connectivity index (χ3n) is 2.61. The first-order valence-electron chi connectivity index (χ1n) is 5.53. The van der Waals surface area contributed by atoms with Gasteiger partial charge in [0.25, 0.3) is 5.89 Å². The van der Waals surface area contributed by atoms with Crippen molar-refractivity contribution in [2.75, 3.05) is 0 Å². The number of benzene rings is 1. The van der Waals surface area contributed by atoms with E-state index in [0.29, 0.717) is 11.1 Å². The fourth-order valence-electron chi connectivity index (χ4n) is 1.66. The highest BCUT2D eigenvalue weighted by Gasteiger charge is 2.14. The molecule has 8 heteroatoms. The molecule has 102 valence electrons. The second-order valence-electron chi connectivity index (χ2n) is 4.01. The van der Waals surface area contributed by atoms with Crippen molar-refractivity contribution in [3.8, 4) is 22.8 Å². The van der Waals surface area contributed by atoms with Crippen LogP contribution in [-0.2, 0) is 10.0 Å². The van der Waals surface area contributed by atoms with Crippen LogP contribution in [0, 0.1) is 0 Å². The highest BCUT2D eigenvalue weighted by atomic mass is 32.2. The molecule has 0 unspecified atom stereocenters. The first-order valence-corrected chi connectivity index (χ1v) is 7.08. The fourth-order valence-corrected chi connectivity index (χ4v) is 2.22. The Labute approximate surface area is 114 Å². The molecule has 0 saturated heterocycles. The predicted octanol–water partition coefficient (Wildman–Crippen LogP) is 1.64. The highest BCUT2D eigenvalue weighted by Crippen LogP contribution is 2.23. The van der Waals surface area contributed by atoms with Crippen molar-refractivity contribution in [2.45, 2.75) is 4.90 Å². The van der Waals surface area contributed by atoms with E-state index in [-0.39, 0.29) is 16.6 Å². The van der Waals surface area contributed by atoms with Gasteiger partial charge in [0, 0.05) is 5.56 Å². The zero-order valence-electron chi connectivity index (χ0n) is 10.1. The summed E-state index contributed by atoms with van der Waals surface area (Å²) >= 11 is 0. The summed E-state index contributed by atoms with van der Waals surface area (Å²) in [5.74, 6) is 0.557. The van der Waals surface area contributed by atoms with Crippen LogP contribution in [0.25, 0.3) is 22.8 Å². The molecule has 0 aliphatic heterocycles. The molecule has 7 nitrogen and oxygen atoms in total. The number of aromatic nitrogens is 2. The molecule has 2 heterocycles. The lowest BCUT2D eigenvalue weighted by Crippen LogP contribution is -2.11. The van der Waals surface area contributed by atoms with Gasteiger partial charge in [0.05, 0.1) is 16.7 Å². The Kier molecular flexibility index (Phi) is 2.88. The third kappa shape index (κ3) is 2.33. The second kappa shape index (κ2) is 4.58. The molecule has 3 rings (SSSR count). The molecule has 3 aromatic rings. The van der Waals surface area contributed by atoms with Crippen LogP contribution in [0.3, 0.4) is 0 Å². The van der Waals surface area contributed by atoms with Gasteiger partial charge >= 0.3 is 0 Å². The van der Waals surface area contributed by atoms with Gasteiger partial charge in [0.2, 0.25) is 15.8 Å². The lowest BCUT2D eigenvalue weighted by Gasteiger charge is -1.99. The molecule has 0 fully saturated rings. The van der Waals surface area contributed by atoms with Gasteiger partial charge < -0.3 is 8.94 Å². The number of furan rings is 1. The normalized spacial score (nSPS) is 11.7. The molecule has 0 amide bonds. The molecule has 0 aliphatic carbocycles. The number of hydrogen-bond donors (Lipinski definition) is 1. The van der Waals surface area contributed by atoms with E-state index in [9.17, 15) is 8.42 Å². The van der Waals surface area contributed by atoms with Gasteiger partial charge in [-0.3, -0.25) is 0 Å². The van der Waals surface area contributed by atoms with Crippen LogP contribution >= 0.6 is 0 Å². The first-order chi connectivity index (χ1) is 9.54. The number of primary sulfonamides is 1. The van der Waals surface area contributed by atoms with Gasteiger partial charge in [0.15, 0.2) is 0 Å². The van der Waals surface area contributed by atoms with Crippen LogP contribution < -0.4 is 5.14 Å². The first kappa shape index (κ1) is 12.6. The van der Waals surface area contributed by atoms with Gasteiger partial charge in [-0.15, -0.1) is 0 Å². The van der Waals surface area contributed by atoms with Crippen LogP contribution in [0.5, 0.6) is 0 Å². The number of hydrogen-bond acceptors (Lipinski definition) is 6. The van der Waals surface area contributed by atoms with Gasteiger partial charge in [-0.1, -0.05) is 17.3 Å². The maximum atomic E-state index is 11.3. The maximum absolute atomic E-state index is 11.3.